The van der Waals surface area contributed by atoms with Crippen molar-refractivity contribution >= 4 is 32.7 Å². The second kappa shape index (κ2) is 12.9. The van der Waals surface area contributed by atoms with Gasteiger partial charge in [-0.3, -0.25) is 0 Å². The molecule has 8 aromatic carbocycles. The van der Waals surface area contributed by atoms with E-state index in [4.69, 9.17) is 19.4 Å². The molecule has 0 spiro atoms. The molecule has 0 aliphatic rings. The molecular formula is C49H31N3O. The van der Waals surface area contributed by atoms with Crippen LogP contribution in [-0.4, -0.2) is 15.0 Å². The normalized spacial score (nSPS) is 11.4. The van der Waals surface area contributed by atoms with E-state index in [0.717, 1.165) is 66.4 Å². The molecule has 53 heavy (non-hydrogen) atoms. The minimum Gasteiger partial charge on any atom is -0.455 e. The Kier molecular flexibility index (Phi) is 7.43. The number of furan rings is 1. The maximum atomic E-state index is 6.30. The Morgan fingerprint density at radius 3 is 1.43 bits per heavy atom. The van der Waals surface area contributed by atoms with Crippen LogP contribution in [0.3, 0.4) is 0 Å². The Bertz CT molecular complexity index is 2910. The third-order valence-corrected chi connectivity index (χ3v) is 9.97. The van der Waals surface area contributed by atoms with Gasteiger partial charge in [0.15, 0.2) is 17.5 Å². The SMILES string of the molecule is c1ccc(-c2nc(-c3ccc(-c4ccc(-c5cccc6c5oc5ccccc56)cc4)cc3)nc(-c3ccc(-c4ccc5ccccc5c4)cc3)n2)cc1. The maximum Gasteiger partial charge on any atom is 0.164 e. The van der Waals surface area contributed by atoms with E-state index in [1.807, 2.05) is 42.5 Å². The molecule has 4 heteroatoms. The van der Waals surface area contributed by atoms with Crippen molar-refractivity contribution in [2.45, 2.75) is 0 Å². The Balaban J connectivity index is 0.962. The molecule has 0 saturated heterocycles. The third-order valence-electron chi connectivity index (χ3n) is 9.97. The number of nitrogens with zero attached hydrogens (tertiary/aromatic N) is 3. The highest BCUT2D eigenvalue weighted by atomic mass is 16.3. The van der Waals surface area contributed by atoms with Crippen molar-refractivity contribution in [3.05, 3.63) is 188 Å². The summed E-state index contributed by atoms with van der Waals surface area (Å²) < 4.78 is 6.30. The van der Waals surface area contributed by atoms with Crippen LogP contribution in [0.5, 0.6) is 0 Å². The molecule has 0 radical (unpaired) electrons. The first-order valence-corrected chi connectivity index (χ1v) is 17.8. The van der Waals surface area contributed by atoms with Crippen LogP contribution in [0.2, 0.25) is 0 Å². The molecule has 0 aliphatic heterocycles. The Hall–Kier alpha value is -7.17. The van der Waals surface area contributed by atoms with Crippen molar-refractivity contribution in [1.29, 1.82) is 0 Å². The van der Waals surface area contributed by atoms with Crippen LogP contribution in [-0.2, 0) is 0 Å². The van der Waals surface area contributed by atoms with Gasteiger partial charge in [-0.15, -0.1) is 0 Å². The highest BCUT2D eigenvalue weighted by Crippen LogP contribution is 2.37. The average Bonchev–Trinajstić information content (AvgIpc) is 3.63. The monoisotopic (exact) mass is 677 g/mol. The number of benzene rings is 8. The lowest BCUT2D eigenvalue weighted by Crippen LogP contribution is -2.00. The molecule has 0 atom stereocenters. The van der Waals surface area contributed by atoms with E-state index in [1.54, 1.807) is 0 Å². The summed E-state index contributed by atoms with van der Waals surface area (Å²) in [6, 6.07) is 65.3. The molecule has 0 fully saturated rings. The van der Waals surface area contributed by atoms with Gasteiger partial charge >= 0.3 is 0 Å². The lowest BCUT2D eigenvalue weighted by molar-refractivity contribution is 0.670. The zero-order valence-electron chi connectivity index (χ0n) is 28.6. The van der Waals surface area contributed by atoms with Gasteiger partial charge in [0.1, 0.15) is 11.2 Å². The lowest BCUT2D eigenvalue weighted by Gasteiger charge is -2.10. The van der Waals surface area contributed by atoms with E-state index in [1.165, 1.54) is 16.3 Å². The lowest BCUT2D eigenvalue weighted by atomic mass is 9.98. The van der Waals surface area contributed by atoms with Crippen LogP contribution in [0.4, 0.5) is 0 Å². The van der Waals surface area contributed by atoms with Gasteiger partial charge in [0.2, 0.25) is 0 Å². The van der Waals surface area contributed by atoms with Gasteiger partial charge in [-0.05, 0) is 50.7 Å². The Morgan fingerprint density at radius 1 is 0.302 bits per heavy atom. The summed E-state index contributed by atoms with van der Waals surface area (Å²) in [5, 5.41) is 4.73. The van der Waals surface area contributed by atoms with Crippen LogP contribution in [0, 0.1) is 0 Å². The van der Waals surface area contributed by atoms with Crippen LogP contribution in [0.15, 0.2) is 192 Å². The molecule has 2 aromatic heterocycles. The predicted octanol–water partition coefficient (Wildman–Crippen LogP) is 12.9. The first-order chi connectivity index (χ1) is 26.2. The van der Waals surface area contributed by atoms with Gasteiger partial charge in [-0.2, -0.15) is 0 Å². The number of aromatic nitrogens is 3. The summed E-state index contributed by atoms with van der Waals surface area (Å²) in [5.74, 6) is 1.91. The molecule has 0 amide bonds. The molecule has 0 bridgehead atoms. The van der Waals surface area contributed by atoms with Gasteiger partial charge in [-0.1, -0.05) is 176 Å². The number of rotatable bonds is 6. The standard InChI is InChI=1S/C49H31N3O/c1-2-10-37(11-3-1)47-50-48(52-49(51-47)39-28-21-35(22-29-39)41-30-23-32-9-4-5-12-40(32)31-41)38-26-19-34(20-27-38)33-17-24-36(25-18-33)42-14-8-15-44-43-13-6-7-16-45(43)53-46(42)44/h1-31H. The van der Waals surface area contributed by atoms with E-state index in [2.05, 4.69) is 146 Å². The average molecular weight is 678 g/mol. The highest BCUT2D eigenvalue weighted by molar-refractivity contribution is 6.09. The Morgan fingerprint density at radius 2 is 0.774 bits per heavy atom. The van der Waals surface area contributed by atoms with Crippen LogP contribution < -0.4 is 0 Å². The zero-order valence-corrected chi connectivity index (χ0v) is 28.6. The van der Waals surface area contributed by atoms with E-state index >= 15 is 0 Å². The molecule has 0 aliphatic carbocycles. The topological polar surface area (TPSA) is 51.8 Å². The quantitative estimate of drug-likeness (QED) is 0.176. The van der Waals surface area contributed by atoms with Crippen molar-refractivity contribution in [3.8, 4) is 67.5 Å². The predicted molar refractivity (Wildman–Crippen MR) is 217 cm³/mol. The van der Waals surface area contributed by atoms with Gasteiger partial charge in [-0.25, -0.2) is 15.0 Å². The van der Waals surface area contributed by atoms with Crippen LogP contribution >= 0.6 is 0 Å². The van der Waals surface area contributed by atoms with E-state index in [9.17, 15) is 0 Å². The van der Waals surface area contributed by atoms with Gasteiger partial charge in [0, 0.05) is 33.0 Å². The molecule has 2 heterocycles. The summed E-state index contributed by atoms with van der Waals surface area (Å²) in [6.07, 6.45) is 0. The fourth-order valence-corrected chi connectivity index (χ4v) is 7.16. The molecule has 10 rings (SSSR count). The second-order valence-electron chi connectivity index (χ2n) is 13.2. The van der Waals surface area contributed by atoms with Gasteiger partial charge in [0.25, 0.3) is 0 Å². The largest absolute Gasteiger partial charge is 0.455 e. The van der Waals surface area contributed by atoms with Crippen molar-refractivity contribution in [3.63, 3.8) is 0 Å². The smallest absolute Gasteiger partial charge is 0.164 e. The fraction of sp³-hybridized carbons (Fsp3) is 0. The molecule has 0 unspecified atom stereocenters. The van der Waals surface area contributed by atoms with Crippen molar-refractivity contribution < 1.29 is 4.42 Å². The number of hydrogen-bond donors (Lipinski definition) is 0. The fourth-order valence-electron chi connectivity index (χ4n) is 7.16. The van der Waals surface area contributed by atoms with Crippen molar-refractivity contribution in [1.82, 2.24) is 15.0 Å². The highest BCUT2D eigenvalue weighted by Gasteiger charge is 2.14. The minimum atomic E-state index is 0.633. The van der Waals surface area contributed by atoms with Crippen LogP contribution in [0.25, 0.3) is 100 Å². The third kappa shape index (κ3) is 5.73. The first-order valence-electron chi connectivity index (χ1n) is 17.8. The maximum absolute atomic E-state index is 6.30. The van der Waals surface area contributed by atoms with E-state index in [-0.39, 0.29) is 0 Å². The van der Waals surface area contributed by atoms with Crippen molar-refractivity contribution in [2.75, 3.05) is 0 Å². The molecule has 4 nitrogen and oxygen atoms in total. The zero-order chi connectivity index (χ0) is 35.1. The summed E-state index contributed by atoms with van der Waals surface area (Å²) >= 11 is 0. The molecule has 0 saturated carbocycles. The molecule has 10 aromatic rings. The minimum absolute atomic E-state index is 0.633. The first kappa shape index (κ1) is 30.6. The molecule has 0 N–H and O–H groups in total. The summed E-state index contributed by atoms with van der Waals surface area (Å²) in [4.78, 5) is 14.9. The van der Waals surface area contributed by atoms with E-state index in [0.29, 0.717) is 17.5 Å². The summed E-state index contributed by atoms with van der Waals surface area (Å²) in [6.45, 7) is 0. The summed E-state index contributed by atoms with van der Waals surface area (Å²) in [7, 11) is 0. The van der Waals surface area contributed by atoms with Gasteiger partial charge in [0.05, 0.1) is 0 Å². The number of hydrogen-bond acceptors (Lipinski definition) is 4. The van der Waals surface area contributed by atoms with Crippen LogP contribution in [0.1, 0.15) is 0 Å². The van der Waals surface area contributed by atoms with Gasteiger partial charge < -0.3 is 4.42 Å². The van der Waals surface area contributed by atoms with Crippen molar-refractivity contribution in [2.24, 2.45) is 0 Å². The molecule has 248 valence electrons. The molecular weight excluding hydrogens is 647 g/mol. The number of fused-ring (bicyclic) bond motifs is 4. The second-order valence-corrected chi connectivity index (χ2v) is 13.2. The van der Waals surface area contributed by atoms with E-state index < -0.39 is 0 Å². The number of para-hydroxylation sites is 2. The summed E-state index contributed by atoms with van der Waals surface area (Å²) in [5.41, 5.74) is 11.4. The Labute approximate surface area is 306 Å².